The number of nitrogens with zero attached hydrogens (tertiary/aromatic N) is 2. The summed E-state index contributed by atoms with van der Waals surface area (Å²) in [7, 11) is -2.52. The molecule has 2 atom stereocenters. The lowest BCUT2D eigenvalue weighted by atomic mass is 10.0. The fourth-order valence-electron chi connectivity index (χ4n) is 15.3. The van der Waals surface area contributed by atoms with Crippen molar-refractivity contribution in [2.45, 2.75) is 287 Å². The Balaban J connectivity index is 1.13. The highest BCUT2D eigenvalue weighted by molar-refractivity contribution is 7.34. The lowest BCUT2D eigenvalue weighted by Crippen LogP contribution is -2.54. The number of carbonyl (C=O) groups is 4. The molecule has 0 saturated carbocycles. The largest absolute Gasteiger partial charge is 0.491 e. The molecule has 15 heteroatoms. The second-order valence-corrected chi connectivity index (χ2v) is 39.1. The molecule has 7 aromatic rings. The molecule has 95 heavy (non-hydrogen) atoms. The highest BCUT2D eigenvalue weighted by atomic mass is 32.1. The zero-order valence-corrected chi connectivity index (χ0v) is 65.5. The molecule has 0 radical (unpaired) electrons. The van der Waals surface area contributed by atoms with Gasteiger partial charge in [0.15, 0.2) is 0 Å². The summed E-state index contributed by atoms with van der Waals surface area (Å²) in [5, 5.41) is 5.16. The van der Waals surface area contributed by atoms with Crippen LogP contribution in [-0.2, 0) is 0 Å². The summed E-state index contributed by atoms with van der Waals surface area (Å²) in [4.78, 5) is 74.2. The summed E-state index contributed by atoms with van der Waals surface area (Å²) < 4.78 is 16.6. The van der Waals surface area contributed by atoms with Gasteiger partial charge in [0.2, 0.25) is 0 Å². The van der Waals surface area contributed by atoms with Gasteiger partial charge in [0.25, 0.3) is 23.6 Å². The van der Waals surface area contributed by atoms with Crippen LogP contribution in [0, 0.1) is 25.7 Å². The molecule has 9 heterocycles. The van der Waals surface area contributed by atoms with Crippen LogP contribution < -0.4 is 19.8 Å². The fourth-order valence-corrected chi connectivity index (χ4v) is 29.7. The Morgan fingerprint density at radius 1 is 0.379 bits per heavy atom. The topological polar surface area (TPSA) is 93.2 Å². The Hall–Kier alpha value is -3.96. The zero-order chi connectivity index (χ0) is 67.2. The van der Waals surface area contributed by atoms with Crippen molar-refractivity contribution >= 4 is 130 Å². The summed E-state index contributed by atoms with van der Waals surface area (Å²) >= 11 is 10.5. The number of aryl methyl sites for hydroxylation is 2. The van der Waals surface area contributed by atoms with E-state index in [4.69, 9.17) is 9.47 Å². The van der Waals surface area contributed by atoms with Crippen molar-refractivity contribution in [3.8, 4) is 50.5 Å². The van der Waals surface area contributed by atoms with E-state index in [1.54, 1.807) is 55.1 Å². The maximum absolute atomic E-state index is 15.6. The van der Waals surface area contributed by atoms with Crippen molar-refractivity contribution in [3.63, 3.8) is 0 Å². The van der Waals surface area contributed by atoms with Crippen molar-refractivity contribution in [1.29, 1.82) is 0 Å². The van der Waals surface area contributed by atoms with E-state index in [-0.39, 0.29) is 23.6 Å². The molecule has 0 spiro atoms. The average molecular weight is 1420 g/mol. The number of benzene rings is 1. The van der Waals surface area contributed by atoms with Crippen LogP contribution in [0.25, 0.3) is 59.2 Å². The minimum absolute atomic E-state index is 0.122. The van der Waals surface area contributed by atoms with Gasteiger partial charge in [-0.05, 0) is 98.1 Å². The number of thiophene rings is 6. The summed E-state index contributed by atoms with van der Waals surface area (Å²) in [6.07, 6.45) is 36.8. The number of carbonyl (C=O) groups excluding carboxylic acids is 4. The van der Waals surface area contributed by atoms with Gasteiger partial charge < -0.3 is 9.47 Å². The molecule has 518 valence electrons. The maximum atomic E-state index is 15.6. The third-order valence-corrected chi connectivity index (χ3v) is 34.2. The second kappa shape index (κ2) is 35.4. The molecule has 3 aliphatic rings. The van der Waals surface area contributed by atoms with E-state index in [0.717, 1.165) is 155 Å². The first-order valence-corrected chi connectivity index (χ1v) is 45.2. The lowest BCUT2D eigenvalue weighted by molar-refractivity contribution is 0.0636. The Kier molecular flexibility index (Phi) is 27.5. The van der Waals surface area contributed by atoms with Gasteiger partial charge in [-0.3, -0.25) is 29.0 Å². The minimum atomic E-state index is -2.52. The van der Waals surface area contributed by atoms with Gasteiger partial charge in [0, 0.05) is 58.0 Å². The van der Waals surface area contributed by atoms with Crippen LogP contribution >= 0.6 is 68.0 Å². The molecule has 0 bridgehead atoms. The van der Waals surface area contributed by atoms with Crippen molar-refractivity contribution in [2.75, 3.05) is 26.3 Å². The van der Waals surface area contributed by atoms with Crippen molar-refractivity contribution in [3.05, 3.63) is 56.3 Å². The first-order chi connectivity index (χ1) is 46.3. The molecule has 0 N–H and O–H groups in total. The van der Waals surface area contributed by atoms with E-state index in [2.05, 4.69) is 86.6 Å². The second-order valence-electron chi connectivity index (χ2n) is 28.2. The zero-order valence-electron chi connectivity index (χ0n) is 59.6. The highest BCUT2D eigenvalue weighted by Crippen LogP contribution is 2.57. The fraction of sp³-hybridized carbons (Fsp3) is 0.625. The molecular formula is C80H112N2O6S6Si. The van der Waals surface area contributed by atoms with Crippen LogP contribution in [0.2, 0.25) is 12.1 Å². The van der Waals surface area contributed by atoms with E-state index in [1.165, 1.54) is 153 Å². The van der Waals surface area contributed by atoms with Crippen molar-refractivity contribution in [1.82, 2.24) is 9.80 Å². The number of hydrogen-bond donors (Lipinski definition) is 0. The lowest BCUT2D eigenvalue weighted by Gasteiger charge is -2.29. The Labute approximate surface area is 595 Å². The van der Waals surface area contributed by atoms with Crippen LogP contribution in [-0.4, -0.2) is 67.8 Å². The van der Waals surface area contributed by atoms with Gasteiger partial charge in [-0.15, -0.1) is 68.0 Å². The molecule has 2 unspecified atom stereocenters. The predicted octanol–water partition coefficient (Wildman–Crippen LogP) is 25.3. The molecular weight excluding hydrogens is 1310 g/mol. The Bertz CT molecular complexity index is 3630. The molecule has 0 saturated heterocycles. The van der Waals surface area contributed by atoms with Crippen molar-refractivity contribution < 1.29 is 28.7 Å². The van der Waals surface area contributed by atoms with Crippen LogP contribution in [0.1, 0.15) is 312 Å². The van der Waals surface area contributed by atoms with E-state index < -0.39 is 8.07 Å². The quantitative estimate of drug-likeness (QED) is 0.0214. The van der Waals surface area contributed by atoms with Gasteiger partial charge in [0.1, 0.15) is 19.6 Å². The van der Waals surface area contributed by atoms with Gasteiger partial charge >= 0.3 is 0 Å². The molecule has 1 aromatic carbocycles. The molecule has 4 amide bonds. The number of amides is 4. The number of imide groups is 2. The van der Waals surface area contributed by atoms with Gasteiger partial charge in [0.05, 0.1) is 59.5 Å². The van der Waals surface area contributed by atoms with Crippen LogP contribution in [0.5, 0.6) is 11.5 Å². The SMILES string of the molecule is CCCCCCCCN1C(=O)c2c(C)sc(-c3cc4c(s3)-c3sc(-c5sc(-c6cc7c(OCC(CC)CCCC)c8sc(C)cc8c(OCC(CC)CCCC)c7s6)c6c5C(=O)N(CCCCCCCC)C6=O)cc3[Si]4(CCCCCCCC)CCCCCCCC)c2C1=O. The maximum Gasteiger partial charge on any atom is 0.263 e. The molecule has 3 aliphatic heterocycles. The average Bonchev–Trinajstić information content (AvgIpc) is 1.54. The number of unbranched alkanes of at least 4 members (excludes halogenated alkanes) is 22. The normalized spacial score (nSPS) is 14.8. The summed E-state index contributed by atoms with van der Waals surface area (Å²) in [6, 6.07) is 12.0. The van der Waals surface area contributed by atoms with Crippen LogP contribution in [0.4, 0.5) is 0 Å². The number of ether oxygens (including phenoxy) is 2. The predicted molar refractivity (Wildman–Crippen MR) is 416 cm³/mol. The summed E-state index contributed by atoms with van der Waals surface area (Å²) in [5.74, 6) is 2.14. The first-order valence-electron chi connectivity index (χ1n) is 37.9. The van der Waals surface area contributed by atoms with Crippen LogP contribution in [0.15, 0.2) is 24.3 Å². The smallest absolute Gasteiger partial charge is 0.263 e. The molecule has 0 fully saturated rings. The van der Waals surface area contributed by atoms with E-state index in [9.17, 15) is 9.59 Å². The van der Waals surface area contributed by atoms with Gasteiger partial charge in [-0.1, -0.05) is 235 Å². The van der Waals surface area contributed by atoms with Crippen LogP contribution in [0.3, 0.4) is 0 Å². The monoisotopic (exact) mass is 1420 g/mol. The molecule has 10 rings (SSSR count). The third kappa shape index (κ3) is 16.1. The number of rotatable bonds is 45. The third-order valence-electron chi connectivity index (χ3n) is 21.1. The van der Waals surface area contributed by atoms with E-state index in [1.807, 2.05) is 29.6 Å². The number of hydrogen-bond acceptors (Lipinski definition) is 12. The van der Waals surface area contributed by atoms with E-state index in [0.29, 0.717) is 60.4 Å². The number of fused-ring (bicyclic) bond motifs is 7. The standard InChI is InChI=1S/C80H112N2O6S6Si/c1-11-19-25-29-33-37-43-81-77(83)64-54(10)90-72(65(64)78(81)84)60-49-62-75(92-60)76-63(95(62,45-39-35-31-27-21-13-3)46-40-36-32-28-22-14-4)50-61(93-76)74-67-66(79(85)82(80(67)86)44-38-34-30-26-20-12-2)73(94-74)59-48-58-69(88-52-56(18-8)42-24-16-6)70-57(47-53(9)89-70)68(71(58)91-59)87-51-55(17-7)41-23-15-5/h47-50,55-56H,11-46,51-52H2,1-10H3. The molecule has 8 nitrogen and oxygen atoms in total. The Morgan fingerprint density at radius 3 is 1.19 bits per heavy atom. The molecule has 6 aromatic heterocycles. The minimum Gasteiger partial charge on any atom is -0.491 e. The van der Waals surface area contributed by atoms with Gasteiger partial charge in [-0.2, -0.15) is 0 Å². The highest BCUT2D eigenvalue weighted by Gasteiger charge is 2.50. The van der Waals surface area contributed by atoms with Crippen molar-refractivity contribution in [2.24, 2.45) is 11.8 Å². The summed E-state index contributed by atoms with van der Waals surface area (Å²) in [5.41, 5.74) is 2.38. The summed E-state index contributed by atoms with van der Waals surface area (Å²) in [6.45, 7) is 24.6. The molecule has 0 aliphatic carbocycles. The Morgan fingerprint density at radius 2 is 0.747 bits per heavy atom. The first kappa shape index (κ1) is 73.7. The van der Waals surface area contributed by atoms with Gasteiger partial charge in [-0.25, -0.2) is 0 Å². The van der Waals surface area contributed by atoms with E-state index >= 15 is 9.59 Å².